The van der Waals surface area contributed by atoms with E-state index in [-0.39, 0.29) is 12.3 Å². The van der Waals surface area contributed by atoms with Crippen LogP contribution in [0.25, 0.3) is 0 Å². The van der Waals surface area contributed by atoms with E-state index in [4.69, 9.17) is 0 Å². The summed E-state index contributed by atoms with van der Waals surface area (Å²) in [5.41, 5.74) is 0. The summed E-state index contributed by atoms with van der Waals surface area (Å²) in [6.45, 7) is 2.16. The Bertz CT molecular complexity index is 444. The van der Waals surface area contributed by atoms with Crippen LogP contribution in [0.3, 0.4) is 0 Å². The molecule has 106 valence electrons. The first-order valence-electron chi connectivity index (χ1n) is 6.40. The van der Waals surface area contributed by atoms with Gasteiger partial charge in [0.2, 0.25) is 20.6 Å². The maximum absolute atomic E-state index is 10.6. The molecule has 0 saturated heterocycles. The van der Waals surface area contributed by atoms with Gasteiger partial charge in [-0.05, 0) is 18.8 Å². The standard InChI is InChI=1S/C12H22O4S2/c1-2-3-4-5-6-7-8-12(11-18(15)16)9-10-17(13)14/h10-12H,2-9H2,1H3. The van der Waals surface area contributed by atoms with Gasteiger partial charge in [0.25, 0.3) is 0 Å². The molecule has 0 aromatic heterocycles. The molecule has 0 saturated carbocycles. The fourth-order valence-corrected chi connectivity index (χ4v) is 2.75. The minimum absolute atomic E-state index is 0.188. The molecule has 0 N–H and O–H groups in total. The third-order valence-electron chi connectivity index (χ3n) is 2.77. The van der Waals surface area contributed by atoms with Crippen LogP contribution in [0.1, 0.15) is 58.3 Å². The summed E-state index contributed by atoms with van der Waals surface area (Å²) in [5.74, 6) is -0.188. The average molecular weight is 294 g/mol. The lowest BCUT2D eigenvalue weighted by Crippen LogP contribution is -2.04. The molecule has 0 aromatic rings. The van der Waals surface area contributed by atoms with E-state index in [0.717, 1.165) is 31.1 Å². The number of unbranched alkanes of at least 4 members (excludes halogenated alkanes) is 5. The number of hydrogen-bond acceptors (Lipinski definition) is 4. The van der Waals surface area contributed by atoms with Gasteiger partial charge in [0.05, 0.1) is 0 Å². The molecule has 0 spiro atoms. The summed E-state index contributed by atoms with van der Waals surface area (Å²) in [7, 11) is -4.43. The van der Waals surface area contributed by atoms with Crippen molar-refractivity contribution in [2.24, 2.45) is 5.92 Å². The van der Waals surface area contributed by atoms with Crippen LogP contribution in [-0.2, 0) is 20.6 Å². The van der Waals surface area contributed by atoms with Crippen molar-refractivity contribution in [3.63, 3.8) is 0 Å². The van der Waals surface area contributed by atoms with Crippen molar-refractivity contribution < 1.29 is 16.8 Å². The quantitative estimate of drug-likeness (QED) is 0.457. The van der Waals surface area contributed by atoms with Crippen molar-refractivity contribution in [2.45, 2.75) is 58.3 Å². The predicted octanol–water partition coefficient (Wildman–Crippen LogP) is 2.11. The van der Waals surface area contributed by atoms with E-state index in [2.05, 4.69) is 6.92 Å². The Morgan fingerprint density at radius 2 is 1.50 bits per heavy atom. The van der Waals surface area contributed by atoms with Gasteiger partial charge >= 0.3 is 0 Å². The van der Waals surface area contributed by atoms with Gasteiger partial charge in [-0.15, -0.1) is 0 Å². The minimum Gasteiger partial charge on any atom is -0.185 e. The Morgan fingerprint density at radius 3 is 2.06 bits per heavy atom. The molecule has 1 unspecified atom stereocenters. The molecule has 0 fully saturated rings. The molecule has 0 aromatic carbocycles. The minimum atomic E-state index is -2.22. The highest BCUT2D eigenvalue weighted by molar-refractivity contribution is 7.71. The first-order chi connectivity index (χ1) is 8.56. The zero-order valence-corrected chi connectivity index (χ0v) is 12.5. The van der Waals surface area contributed by atoms with Gasteiger partial charge in [0.1, 0.15) is 0 Å². The Labute approximate surface area is 112 Å². The average Bonchev–Trinajstić information content (AvgIpc) is 2.29. The largest absolute Gasteiger partial charge is 0.210 e. The Kier molecular flexibility index (Phi) is 11.1. The van der Waals surface area contributed by atoms with Crippen LogP contribution < -0.4 is 0 Å². The normalized spacial score (nSPS) is 11.8. The monoisotopic (exact) mass is 294 g/mol. The highest BCUT2D eigenvalue weighted by Crippen LogP contribution is 2.13. The zero-order chi connectivity index (χ0) is 13.8. The molecule has 1 atom stereocenters. The van der Waals surface area contributed by atoms with Crippen LogP contribution in [0.5, 0.6) is 0 Å². The lowest BCUT2D eigenvalue weighted by Gasteiger charge is -2.07. The summed E-state index contributed by atoms with van der Waals surface area (Å²) in [6, 6.07) is 0. The van der Waals surface area contributed by atoms with Crippen molar-refractivity contribution in [2.75, 3.05) is 0 Å². The van der Waals surface area contributed by atoms with Crippen molar-refractivity contribution in [1.82, 2.24) is 0 Å². The second kappa shape index (κ2) is 11.5. The van der Waals surface area contributed by atoms with Crippen LogP contribution >= 0.6 is 0 Å². The molecule has 0 rings (SSSR count). The molecular weight excluding hydrogens is 272 g/mol. The molecule has 0 amide bonds. The van der Waals surface area contributed by atoms with E-state index in [1.54, 1.807) is 0 Å². The van der Waals surface area contributed by atoms with Gasteiger partial charge in [0.15, 0.2) is 0 Å². The van der Waals surface area contributed by atoms with Crippen molar-refractivity contribution in [3.05, 3.63) is 0 Å². The summed E-state index contributed by atoms with van der Waals surface area (Å²) >= 11 is 0. The van der Waals surface area contributed by atoms with E-state index in [9.17, 15) is 16.8 Å². The number of rotatable bonds is 10. The summed E-state index contributed by atoms with van der Waals surface area (Å²) in [6.07, 6.45) is 7.86. The molecule has 6 heteroatoms. The van der Waals surface area contributed by atoms with E-state index < -0.39 is 20.6 Å². The molecule has 4 nitrogen and oxygen atoms in total. The fourth-order valence-electron chi connectivity index (χ4n) is 1.79. The van der Waals surface area contributed by atoms with Crippen LogP contribution in [0.4, 0.5) is 0 Å². The van der Waals surface area contributed by atoms with Crippen LogP contribution in [0.2, 0.25) is 0 Å². The zero-order valence-electron chi connectivity index (χ0n) is 10.8. The Morgan fingerprint density at radius 1 is 0.889 bits per heavy atom. The molecule has 0 aliphatic rings. The van der Waals surface area contributed by atoms with Gasteiger partial charge < -0.3 is 0 Å². The van der Waals surface area contributed by atoms with Gasteiger partial charge in [0, 0.05) is 10.7 Å². The fraction of sp³-hybridized carbons (Fsp3) is 0.833. The van der Waals surface area contributed by atoms with Gasteiger partial charge in [-0.1, -0.05) is 45.4 Å². The summed E-state index contributed by atoms with van der Waals surface area (Å²) in [5, 5.41) is 2.33. The van der Waals surface area contributed by atoms with Gasteiger partial charge in [-0.25, -0.2) is 0 Å². The van der Waals surface area contributed by atoms with Crippen molar-refractivity contribution in [3.8, 4) is 0 Å². The van der Waals surface area contributed by atoms with E-state index in [0.29, 0.717) is 0 Å². The lowest BCUT2D eigenvalue weighted by atomic mass is 10.00. The molecular formula is C12H22O4S2. The SMILES string of the molecule is CCCCCCCCC(C=S(=O)=O)CC=S(=O)=O. The Hall–Kier alpha value is -0.620. The molecule has 0 heterocycles. The second-order valence-corrected chi connectivity index (χ2v) is 6.02. The smallest absolute Gasteiger partial charge is 0.185 e. The first kappa shape index (κ1) is 17.4. The van der Waals surface area contributed by atoms with Crippen molar-refractivity contribution in [1.29, 1.82) is 0 Å². The third-order valence-corrected chi connectivity index (χ3v) is 3.84. The van der Waals surface area contributed by atoms with E-state index in [1.165, 1.54) is 24.6 Å². The lowest BCUT2D eigenvalue weighted by molar-refractivity contribution is 0.551. The highest BCUT2D eigenvalue weighted by Gasteiger charge is 2.05. The van der Waals surface area contributed by atoms with Crippen LogP contribution in [0, 0.1) is 5.92 Å². The molecule has 0 bridgehead atoms. The summed E-state index contributed by atoms with van der Waals surface area (Å²) < 4.78 is 42.0. The topological polar surface area (TPSA) is 68.3 Å². The molecule has 0 aliphatic heterocycles. The molecule has 0 aliphatic carbocycles. The third kappa shape index (κ3) is 11.9. The van der Waals surface area contributed by atoms with E-state index in [1.807, 2.05) is 0 Å². The van der Waals surface area contributed by atoms with E-state index >= 15 is 0 Å². The molecule has 0 radical (unpaired) electrons. The summed E-state index contributed by atoms with van der Waals surface area (Å²) in [4.78, 5) is 0. The Balaban J connectivity index is 4.02. The maximum Gasteiger partial charge on any atom is 0.210 e. The second-order valence-electron chi connectivity index (χ2n) is 4.38. The van der Waals surface area contributed by atoms with Crippen LogP contribution in [-0.4, -0.2) is 27.6 Å². The predicted molar refractivity (Wildman–Crippen MR) is 76.1 cm³/mol. The number of hydrogen-bond donors (Lipinski definition) is 0. The maximum atomic E-state index is 10.6. The van der Waals surface area contributed by atoms with Crippen LogP contribution in [0.15, 0.2) is 0 Å². The first-order valence-corrected chi connectivity index (χ1v) is 8.68. The molecule has 18 heavy (non-hydrogen) atoms. The van der Waals surface area contributed by atoms with Gasteiger partial charge in [-0.3, -0.25) is 0 Å². The highest BCUT2D eigenvalue weighted by atomic mass is 32.2. The van der Waals surface area contributed by atoms with Gasteiger partial charge in [-0.2, -0.15) is 16.8 Å². The van der Waals surface area contributed by atoms with Crippen molar-refractivity contribution >= 4 is 31.3 Å².